The molecule has 0 aliphatic carbocycles. The lowest BCUT2D eigenvalue weighted by Crippen LogP contribution is -2.29. The summed E-state index contributed by atoms with van der Waals surface area (Å²) in [7, 11) is 0. The van der Waals surface area contributed by atoms with E-state index in [1.807, 2.05) is 31.2 Å². The average Bonchev–Trinajstić information content (AvgIpc) is 2.55. The maximum Gasteiger partial charge on any atom is 0.313 e. The maximum atomic E-state index is 12.2. The molecule has 7 heteroatoms. The lowest BCUT2D eigenvalue weighted by Gasteiger charge is -2.17. The molecular formula is C18H18N2O5. The largest absolute Gasteiger partial charge is 0.426 e. The zero-order valence-electron chi connectivity index (χ0n) is 13.9. The number of aryl methyl sites for hydroxylation is 1. The highest BCUT2D eigenvalue weighted by molar-refractivity contribution is 5.77. The first-order chi connectivity index (χ1) is 11.8. The van der Waals surface area contributed by atoms with Gasteiger partial charge in [0.2, 0.25) is 5.91 Å². The molecule has 2 rings (SSSR count). The molecule has 7 nitrogen and oxygen atoms in total. The molecule has 1 atom stereocenters. The van der Waals surface area contributed by atoms with Crippen LogP contribution >= 0.6 is 0 Å². The van der Waals surface area contributed by atoms with Crippen LogP contribution in [0.5, 0.6) is 5.75 Å². The fourth-order valence-electron chi connectivity index (χ4n) is 2.27. The van der Waals surface area contributed by atoms with Gasteiger partial charge in [-0.2, -0.15) is 0 Å². The summed E-state index contributed by atoms with van der Waals surface area (Å²) in [6.45, 7) is 3.32. The van der Waals surface area contributed by atoms with E-state index in [4.69, 9.17) is 4.74 Å². The van der Waals surface area contributed by atoms with Crippen LogP contribution in [0, 0.1) is 17.0 Å². The van der Waals surface area contributed by atoms with Gasteiger partial charge < -0.3 is 10.1 Å². The molecule has 2 aromatic carbocycles. The number of amides is 1. The number of nitrogens with zero attached hydrogens (tertiary/aromatic N) is 1. The zero-order chi connectivity index (χ0) is 18.4. The monoisotopic (exact) mass is 342 g/mol. The SMILES string of the molecule is CC(=O)N[C@H](CC(=O)Oc1ccc([N+](=O)[O-])cc1)c1ccc(C)cc1. The van der Waals surface area contributed by atoms with E-state index in [0.717, 1.165) is 11.1 Å². The fraction of sp³-hybridized carbons (Fsp3) is 0.222. The van der Waals surface area contributed by atoms with Gasteiger partial charge in [-0.05, 0) is 24.6 Å². The van der Waals surface area contributed by atoms with Crippen LogP contribution in [-0.4, -0.2) is 16.8 Å². The van der Waals surface area contributed by atoms with E-state index in [9.17, 15) is 19.7 Å². The molecule has 0 unspecified atom stereocenters. The van der Waals surface area contributed by atoms with Gasteiger partial charge in [-0.25, -0.2) is 0 Å². The molecule has 1 amide bonds. The van der Waals surface area contributed by atoms with Crippen LogP contribution < -0.4 is 10.1 Å². The third kappa shape index (κ3) is 5.42. The predicted octanol–water partition coefficient (Wildman–Crippen LogP) is 3.08. The molecule has 0 saturated carbocycles. The smallest absolute Gasteiger partial charge is 0.313 e. The first kappa shape index (κ1) is 18.1. The molecule has 0 radical (unpaired) electrons. The van der Waals surface area contributed by atoms with Crippen molar-refractivity contribution in [3.63, 3.8) is 0 Å². The summed E-state index contributed by atoms with van der Waals surface area (Å²) in [6.07, 6.45) is -0.0559. The number of ether oxygens (including phenoxy) is 1. The van der Waals surface area contributed by atoms with Crippen molar-refractivity contribution in [1.82, 2.24) is 5.32 Å². The summed E-state index contributed by atoms with van der Waals surface area (Å²) < 4.78 is 5.19. The standard InChI is InChI=1S/C18H18N2O5/c1-12-3-5-14(6-4-12)17(19-13(2)21)11-18(22)25-16-9-7-15(8-10-16)20(23)24/h3-10,17H,11H2,1-2H3,(H,19,21)/t17-/m1/s1. The third-order valence-corrected chi connectivity index (χ3v) is 3.51. The van der Waals surface area contributed by atoms with Gasteiger partial charge in [0, 0.05) is 19.1 Å². The Morgan fingerprint density at radius 1 is 1.12 bits per heavy atom. The van der Waals surface area contributed by atoms with Crippen molar-refractivity contribution in [2.75, 3.05) is 0 Å². The van der Waals surface area contributed by atoms with E-state index in [1.54, 1.807) is 0 Å². The van der Waals surface area contributed by atoms with Gasteiger partial charge >= 0.3 is 5.97 Å². The maximum absolute atomic E-state index is 12.2. The van der Waals surface area contributed by atoms with Crippen LogP contribution in [0.25, 0.3) is 0 Å². The Bertz CT molecular complexity index is 769. The highest BCUT2D eigenvalue weighted by Gasteiger charge is 2.19. The molecule has 0 spiro atoms. The number of non-ortho nitro benzene ring substituents is 1. The minimum atomic E-state index is -0.548. The van der Waals surface area contributed by atoms with Gasteiger partial charge in [0.1, 0.15) is 5.75 Å². The van der Waals surface area contributed by atoms with Crippen LogP contribution in [0.1, 0.15) is 30.5 Å². The summed E-state index contributed by atoms with van der Waals surface area (Å²) >= 11 is 0. The van der Waals surface area contributed by atoms with E-state index < -0.39 is 16.9 Å². The Morgan fingerprint density at radius 2 is 1.72 bits per heavy atom. The Hall–Kier alpha value is -3.22. The molecule has 130 valence electrons. The van der Waals surface area contributed by atoms with E-state index in [0.29, 0.717) is 0 Å². The van der Waals surface area contributed by atoms with Crippen molar-refractivity contribution in [2.45, 2.75) is 26.3 Å². The predicted molar refractivity (Wildman–Crippen MR) is 91.1 cm³/mol. The summed E-state index contributed by atoms with van der Waals surface area (Å²) in [5.41, 5.74) is 1.77. The molecule has 0 saturated heterocycles. The molecule has 0 aliphatic rings. The van der Waals surface area contributed by atoms with Crippen LogP contribution in [-0.2, 0) is 9.59 Å². The van der Waals surface area contributed by atoms with Crippen molar-refractivity contribution >= 4 is 17.6 Å². The van der Waals surface area contributed by atoms with Crippen molar-refractivity contribution in [3.05, 3.63) is 69.8 Å². The number of nitrogens with one attached hydrogen (secondary N) is 1. The second-order valence-corrected chi connectivity index (χ2v) is 5.59. The van der Waals surface area contributed by atoms with E-state index in [-0.39, 0.29) is 23.8 Å². The number of nitro groups is 1. The molecular weight excluding hydrogens is 324 g/mol. The Balaban J connectivity index is 2.07. The number of benzene rings is 2. The highest BCUT2D eigenvalue weighted by Crippen LogP contribution is 2.21. The average molecular weight is 342 g/mol. The van der Waals surface area contributed by atoms with Crippen LogP contribution in [0.2, 0.25) is 0 Å². The number of rotatable bonds is 6. The van der Waals surface area contributed by atoms with Gasteiger partial charge in [0.25, 0.3) is 5.69 Å². The van der Waals surface area contributed by atoms with Gasteiger partial charge in [0.05, 0.1) is 17.4 Å². The number of esters is 1. The van der Waals surface area contributed by atoms with Crippen LogP contribution in [0.15, 0.2) is 48.5 Å². The van der Waals surface area contributed by atoms with Gasteiger partial charge in [-0.15, -0.1) is 0 Å². The first-order valence-corrected chi connectivity index (χ1v) is 7.64. The number of nitro benzene ring substituents is 1. The number of hydrogen-bond donors (Lipinski definition) is 1. The minimum Gasteiger partial charge on any atom is -0.426 e. The Labute approximate surface area is 144 Å². The van der Waals surface area contributed by atoms with Crippen molar-refractivity contribution in [3.8, 4) is 5.75 Å². The van der Waals surface area contributed by atoms with Crippen LogP contribution in [0.3, 0.4) is 0 Å². The second-order valence-electron chi connectivity index (χ2n) is 5.59. The van der Waals surface area contributed by atoms with Gasteiger partial charge in [-0.1, -0.05) is 29.8 Å². The quantitative estimate of drug-likeness (QED) is 0.376. The molecule has 0 bridgehead atoms. The molecule has 0 heterocycles. The lowest BCUT2D eigenvalue weighted by molar-refractivity contribution is -0.384. The van der Waals surface area contributed by atoms with Crippen LogP contribution in [0.4, 0.5) is 5.69 Å². The van der Waals surface area contributed by atoms with Crippen molar-refractivity contribution in [1.29, 1.82) is 0 Å². The number of carbonyl (C=O) groups is 2. The van der Waals surface area contributed by atoms with Crippen molar-refractivity contribution in [2.24, 2.45) is 0 Å². The molecule has 1 N–H and O–H groups in total. The van der Waals surface area contributed by atoms with E-state index in [2.05, 4.69) is 5.32 Å². The first-order valence-electron chi connectivity index (χ1n) is 7.64. The van der Waals surface area contributed by atoms with Gasteiger partial charge in [-0.3, -0.25) is 19.7 Å². The molecule has 0 aromatic heterocycles. The zero-order valence-corrected chi connectivity index (χ0v) is 13.9. The fourth-order valence-corrected chi connectivity index (χ4v) is 2.27. The Morgan fingerprint density at radius 3 is 2.24 bits per heavy atom. The second kappa shape index (κ2) is 8.05. The van der Waals surface area contributed by atoms with Gasteiger partial charge in [0.15, 0.2) is 0 Å². The molecule has 0 aliphatic heterocycles. The third-order valence-electron chi connectivity index (χ3n) is 3.51. The summed E-state index contributed by atoms with van der Waals surface area (Å²) in [4.78, 5) is 33.7. The number of hydrogen-bond acceptors (Lipinski definition) is 5. The van der Waals surface area contributed by atoms with E-state index in [1.165, 1.54) is 31.2 Å². The normalized spacial score (nSPS) is 11.4. The minimum absolute atomic E-state index is 0.0559. The summed E-state index contributed by atoms with van der Waals surface area (Å²) in [5, 5.41) is 13.3. The van der Waals surface area contributed by atoms with Crippen molar-refractivity contribution < 1.29 is 19.2 Å². The topological polar surface area (TPSA) is 98.5 Å². The lowest BCUT2D eigenvalue weighted by atomic mass is 10.0. The van der Waals surface area contributed by atoms with E-state index >= 15 is 0 Å². The summed E-state index contributed by atoms with van der Waals surface area (Å²) in [6, 6.07) is 12.2. The highest BCUT2D eigenvalue weighted by atomic mass is 16.6. The Kier molecular flexibility index (Phi) is 5.84. The molecule has 2 aromatic rings. The molecule has 0 fully saturated rings. The number of carbonyl (C=O) groups excluding carboxylic acids is 2. The molecule has 25 heavy (non-hydrogen) atoms. The summed E-state index contributed by atoms with van der Waals surface area (Å²) in [5.74, 6) is -0.594.